The Morgan fingerprint density at radius 2 is 1.45 bits per heavy atom. The second-order valence-electron chi connectivity index (χ2n) is 10.4. The van der Waals surface area contributed by atoms with Crippen molar-refractivity contribution >= 4 is 62.3 Å². The fraction of sp³-hybridized carbons (Fsp3) is 0.310. The molecule has 1 atom stereocenters. The van der Waals surface area contributed by atoms with Gasteiger partial charge in [-0.05, 0) is 62.7 Å². The number of anilines is 1. The lowest BCUT2D eigenvalue weighted by Gasteiger charge is -2.35. The van der Waals surface area contributed by atoms with Crippen LogP contribution in [0.4, 0.5) is 5.69 Å². The highest BCUT2D eigenvalue weighted by Gasteiger charge is 2.35. The van der Waals surface area contributed by atoms with E-state index in [1.807, 2.05) is 51.1 Å². The maximum Gasteiger partial charge on any atom is 0.244 e. The van der Waals surface area contributed by atoms with Gasteiger partial charge >= 0.3 is 0 Å². The Labute approximate surface area is 251 Å². The highest BCUT2D eigenvalue weighted by molar-refractivity contribution is 7.92. The van der Waals surface area contributed by atoms with Crippen molar-refractivity contribution in [3.63, 3.8) is 0 Å². The van der Waals surface area contributed by atoms with Gasteiger partial charge in [0.1, 0.15) is 12.6 Å². The van der Waals surface area contributed by atoms with Crippen molar-refractivity contribution in [2.24, 2.45) is 0 Å². The van der Waals surface area contributed by atoms with Crippen molar-refractivity contribution in [1.82, 2.24) is 10.2 Å². The number of hydrogen-bond acceptors (Lipinski definition) is 4. The summed E-state index contributed by atoms with van der Waals surface area (Å²) in [5.41, 5.74) is 0.926. The average molecular weight is 625 g/mol. The standard InChI is InChI=1S/C29H32Cl3N3O4S/c1-29(2,3)33-28(37)26(17-20-9-6-5-7-10-20)34(18-23-24(31)11-8-12-25(23)32)27(36)19-35(40(4,38)39)22-15-13-21(30)14-16-22/h5-16,26H,17-19H2,1-4H3,(H,33,37)/t26-/m1/s1. The Kier molecular flexibility index (Phi) is 10.5. The van der Waals surface area contributed by atoms with E-state index in [0.29, 0.717) is 20.6 Å². The van der Waals surface area contributed by atoms with Gasteiger partial charge in [0.2, 0.25) is 21.8 Å². The SMILES string of the molecule is CC(C)(C)NC(=O)[C@@H](Cc1ccccc1)N(Cc1c(Cl)cccc1Cl)C(=O)CN(c1ccc(Cl)cc1)S(C)(=O)=O. The average Bonchev–Trinajstić information content (AvgIpc) is 2.85. The monoisotopic (exact) mass is 623 g/mol. The molecule has 2 amide bonds. The first-order chi connectivity index (χ1) is 18.7. The van der Waals surface area contributed by atoms with Crippen molar-refractivity contribution < 1.29 is 18.0 Å². The molecule has 0 radical (unpaired) electrons. The number of nitrogens with one attached hydrogen (secondary N) is 1. The molecule has 0 aliphatic carbocycles. The minimum atomic E-state index is -3.89. The van der Waals surface area contributed by atoms with Crippen LogP contribution in [0.2, 0.25) is 15.1 Å². The van der Waals surface area contributed by atoms with Gasteiger partial charge in [0.25, 0.3) is 0 Å². The van der Waals surface area contributed by atoms with Gasteiger partial charge in [-0.3, -0.25) is 13.9 Å². The maximum absolute atomic E-state index is 14.1. The third-order valence-electron chi connectivity index (χ3n) is 5.95. The Hall–Kier alpha value is -2.78. The van der Waals surface area contributed by atoms with Crippen LogP contribution in [-0.4, -0.2) is 49.5 Å². The van der Waals surface area contributed by atoms with Crippen molar-refractivity contribution in [2.45, 2.75) is 45.3 Å². The molecule has 0 saturated heterocycles. The van der Waals surface area contributed by atoms with E-state index in [-0.39, 0.29) is 18.7 Å². The van der Waals surface area contributed by atoms with Gasteiger partial charge in [0.05, 0.1) is 11.9 Å². The Morgan fingerprint density at radius 1 is 0.875 bits per heavy atom. The Bertz CT molecular complexity index is 1420. The molecule has 40 heavy (non-hydrogen) atoms. The molecule has 7 nitrogen and oxygen atoms in total. The summed E-state index contributed by atoms with van der Waals surface area (Å²) in [7, 11) is -3.89. The number of carbonyl (C=O) groups excluding carboxylic acids is 2. The van der Waals surface area contributed by atoms with Gasteiger partial charge in [-0.25, -0.2) is 8.42 Å². The zero-order valence-corrected chi connectivity index (χ0v) is 25.8. The summed E-state index contributed by atoms with van der Waals surface area (Å²) in [6.07, 6.45) is 1.19. The van der Waals surface area contributed by atoms with Gasteiger partial charge in [-0.2, -0.15) is 0 Å². The van der Waals surface area contributed by atoms with Crippen LogP contribution in [0, 0.1) is 0 Å². The van der Waals surface area contributed by atoms with Crippen LogP contribution < -0.4 is 9.62 Å². The zero-order chi connectivity index (χ0) is 29.7. The van der Waals surface area contributed by atoms with Gasteiger partial charge in [-0.1, -0.05) is 71.2 Å². The molecule has 0 fully saturated rings. The summed E-state index contributed by atoms with van der Waals surface area (Å²) in [6.45, 7) is 4.84. The van der Waals surface area contributed by atoms with E-state index in [1.54, 1.807) is 18.2 Å². The fourth-order valence-corrected chi connectivity index (χ4v) is 5.57. The van der Waals surface area contributed by atoms with Gasteiger partial charge in [0, 0.05) is 39.1 Å². The summed E-state index contributed by atoms with van der Waals surface area (Å²) in [5.74, 6) is -1.01. The summed E-state index contributed by atoms with van der Waals surface area (Å²) in [6, 6.07) is 19.3. The molecule has 214 valence electrons. The number of nitrogens with zero attached hydrogens (tertiary/aromatic N) is 2. The molecular formula is C29H32Cl3N3O4S. The molecule has 0 bridgehead atoms. The molecule has 0 saturated carbocycles. The zero-order valence-electron chi connectivity index (χ0n) is 22.7. The number of benzene rings is 3. The molecular weight excluding hydrogens is 593 g/mol. The number of amides is 2. The maximum atomic E-state index is 14.1. The molecule has 0 spiro atoms. The summed E-state index contributed by atoms with van der Waals surface area (Å²) >= 11 is 19.0. The molecule has 3 aromatic rings. The fourth-order valence-electron chi connectivity index (χ4n) is 4.08. The smallest absolute Gasteiger partial charge is 0.244 e. The van der Waals surface area contributed by atoms with Gasteiger partial charge in [0.15, 0.2) is 0 Å². The third kappa shape index (κ3) is 8.86. The number of carbonyl (C=O) groups is 2. The highest BCUT2D eigenvalue weighted by atomic mass is 35.5. The third-order valence-corrected chi connectivity index (χ3v) is 8.05. The Morgan fingerprint density at radius 3 is 1.98 bits per heavy atom. The molecule has 0 heterocycles. The molecule has 3 aromatic carbocycles. The van der Waals surface area contributed by atoms with Crippen molar-refractivity contribution in [1.29, 1.82) is 0 Å². The van der Waals surface area contributed by atoms with Crippen molar-refractivity contribution in [3.05, 3.63) is 99.0 Å². The first-order valence-electron chi connectivity index (χ1n) is 12.5. The summed E-state index contributed by atoms with van der Waals surface area (Å²) < 4.78 is 26.6. The number of hydrogen-bond donors (Lipinski definition) is 1. The quantitative estimate of drug-likeness (QED) is 0.301. The van der Waals surface area contributed by atoms with E-state index < -0.39 is 40.0 Å². The van der Waals surface area contributed by atoms with Gasteiger partial charge < -0.3 is 10.2 Å². The molecule has 11 heteroatoms. The predicted molar refractivity (Wildman–Crippen MR) is 162 cm³/mol. The van der Waals surface area contributed by atoms with Gasteiger partial charge in [-0.15, -0.1) is 0 Å². The predicted octanol–water partition coefficient (Wildman–Crippen LogP) is 5.97. The van der Waals surface area contributed by atoms with Crippen LogP contribution in [0.15, 0.2) is 72.8 Å². The molecule has 1 N–H and O–H groups in total. The summed E-state index contributed by atoms with van der Waals surface area (Å²) in [5, 5.41) is 4.02. The minimum Gasteiger partial charge on any atom is -0.350 e. The second-order valence-corrected chi connectivity index (χ2v) is 13.6. The van der Waals surface area contributed by atoms with Crippen LogP contribution in [0.25, 0.3) is 0 Å². The number of rotatable bonds is 10. The van der Waals surface area contributed by atoms with Crippen LogP contribution in [-0.2, 0) is 32.6 Å². The highest BCUT2D eigenvalue weighted by Crippen LogP contribution is 2.28. The lowest BCUT2D eigenvalue weighted by molar-refractivity contribution is -0.140. The lowest BCUT2D eigenvalue weighted by Crippen LogP contribution is -2.56. The largest absolute Gasteiger partial charge is 0.350 e. The first kappa shape index (κ1) is 31.7. The molecule has 0 aliphatic heterocycles. The topological polar surface area (TPSA) is 86.8 Å². The van der Waals surface area contributed by atoms with E-state index in [0.717, 1.165) is 16.1 Å². The van der Waals surface area contributed by atoms with E-state index in [9.17, 15) is 18.0 Å². The normalized spacial score (nSPS) is 12.5. The van der Waals surface area contributed by atoms with Crippen LogP contribution in [0.5, 0.6) is 0 Å². The number of sulfonamides is 1. The Balaban J connectivity index is 2.11. The molecule has 3 rings (SSSR count). The van der Waals surface area contributed by atoms with E-state index in [1.165, 1.54) is 29.2 Å². The van der Waals surface area contributed by atoms with Crippen molar-refractivity contribution in [2.75, 3.05) is 17.1 Å². The van der Waals surface area contributed by atoms with Crippen molar-refractivity contribution in [3.8, 4) is 0 Å². The summed E-state index contributed by atoms with van der Waals surface area (Å²) in [4.78, 5) is 29.2. The van der Waals surface area contributed by atoms with Crippen LogP contribution in [0.3, 0.4) is 0 Å². The van der Waals surface area contributed by atoms with Crippen LogP contribution >= 0.6 is 34.8 Å². The molecule has 0 aromatic heterocycles. The van der Waals surface area contributed by atoms with E-state index >= 15 is 0 Å². The second kappa shape index (κ2) is 13.3. The molecule has 0 unspecified atom stereocenters. The number of halogens is 3. The molecule has 0 aliphatic rings. The first-order valence-corrected chi connectivity index (χ1v) is 15.5. The minimum absolute atomic E-state index is 0.120. The van der Waals surface area contributed by atoms with E-state index in [2.05, 4.69) is 5.32 Å². The van der Waals surface area contributed by atoms with Crippen LogP contribution in [0.1, 0.15) is 31.9 Å². The van der Waals surface area contributed by atoms with E-state index in [4.69, 9.17) is 34.8 Å². The lowest BCUT2D eigenvalue weighted by atomic mass is 10.0.